The molecule has 3 aliphatic rings. The molecule has 23 heavy (non-hydrogen) atoms. The van der Waals surface area contributed by atoms with Crippen LogP contribution in [-0.2, 0) is 12.8 Å². The molecule has 0 N–H and O–H groups in total. The summed E-state index contributed by atoms with van der Waals surface area (Å²) < 4.78 is 0. The Morgan fingerprint density at radius 2 is 2.00 bits per heavy atom. The second-order valence-corrected chi connectivity index (χ2v) is 8.56. The normalized spacial score (nSPS) is 28.7. The van der Waals surface area contributed by atoms with Crippen LogP contribution in [-0.4, -0.2) is 0 Å². The molecule has 0 heteroatoms. The molecule has 0 aliphatic heterocycles. The molecule has 0 saturated heterocycles. The van der Waals surface area contributed by atoms with Crippen LogP contribution in [0.3, 0.4) is 0 Å². The summed E-state index contributed by atoms with van der Waals surface area (Å²) >= 11 is 0. The predicted molar refractivity (Wildman–Crippen MR) is 97.9 cm³/mol. The van der Waals surface area contributed by atoms with Gasteiger partial charge in [-0.15, -0.1) is 0 Å². The zero-order valence-electron chi connectivity index (χ0n) is 14.4. The van der Waals surface area contributed by atoms with Gasteiger partial charge in [0.15, 0.2) is 0 Å². The molecule has 1 saturated carbocycles. The summed E-state index contributed by atoms with van der Waals surface area (Å²) in [5, 5.41) is 2.95. The molecule has 1 spiro atoms. The van der Waals surface area contributed by atoms with E-state index in [1.165, 1.54) is 54.9 Å². The fraction of sp³-hybridized carbons (Fsp3) is 0.478. The first-order valence-corrected chi connectivity index (χ1v) is 9.37. The van der Waals surface area contributed by atoms with Gasteiger partial charge in [-0.05, 0) is 83.2 Å². The minimum atomic E-state index is 0.599. The molecule has 0 nitrogen and oxygen atoms in total. The predicted octanol–water partition coefficient (Wildman–Crippen LogP) is 6.18. The van der Waals surface area contributed by atoms with E-state index in [-0.39, 0.29) is 0 Å². The topological polar surface area (TPSA) is 0 Å². The summed E-state index contributed by atoms with van der Waals surface area (Å²) in [4.78, 5) is 0. The molecule has 2 bridgehead atoms. The van der Waals surface area contributed by atoms with Gasteiger partial charge in [-0.1, -0.05) is 55.8 Å². The Morgan fingerprint density at radius 3 is 2.74 bits per heavy atom. The van der Waals surface area contributed by atoms with Crippen molar-refractivity contribution in [1.29, 1.82) is 0 Å². The Labute approximate surface area is 139 Å². The second-order valence-electron chi connectivity index (χ2n) is 8.56. The van der Waals surface area contributed by atoms with Crippen molar-refractivity contribution in [3.63, 3.8) is 0 Å². The number of benzene rings is 2. The Morgan fingerprint density at radius 1 is 1.09 bits per heavy atom. The molecule has 0 heterocycles. The van der Waals surface area contributed by atoms with Gasteiger partial charge in [0.25, 0.3) is 0 Å². The van der Waals surface area contributed by atoms with Gasteiger partial charge in [-0.2, -0.15) is 0 Å². The van der Waals surface area contributed by atoms with Crippen LogP contribution >= 0.6 is 0 Å². The van der Waals surface area contributed by atoms with Gasteiger partial charge in [0.2, 0.25) is 0 Å². The van der Waals surface area contributed by atoms with Crippen molar-refractivity contribution in [2.24, 2.45) is 11.3 Å². The van der Waals surface area contributed by atoms with Crippen LogP contribution in [0.5, 0.6) is 0 Å². The summed E-state index contributed by atoms with van der Waals surface area (Å²) in [6.07, 6.45) is 10.7. The maximum absolute atomic E-state index is 2.56. The smallest absolute Gasteiger partial charge is 0.0146 e. The van der Waals surface area contributed by atoms with Crippen LogP contribution < -0.4 is 0 Å². The molecule has 2 unspecified atom stereocenters. The van der Waals surface area contributed by atoms with Crippen molar-refractivity contribution in [3.05, 3.63) is 58.7 Å². The first-order valence-electron chi connectivity index (χ1n) is 9.37. The average Bonchev–Trinajstić information content (AvgIpc) is 3.13. The molecule has 0 amide bonds. The van der Waals surface area contributed by atoms with Gasteiger partial charge < -0.3 is 0 Å². The molecule has 118 valence electrons. The Hall–Kier alpha value is -1.56. The van der Waals surface area contributed by atoms with Crippen molar-refractivity contribution in [3.8, 4) is 0 Å². The highest BCUT2D eigenvalue weighted by atomic mass is 14.5. The minimum Gasteiger partial charge on any atom is -0.0850 e. The van der Waals surface area contributed by atoms with Gasteiger partial charge in [0.05, 0.1) is 0 Å². The highest BCUT2D eigenvalue weighted by Crippen LogP contribution is 2.58. The summed E-state index contributed by atoms with van der Waals surface area (Å²) in [7, 11) is 0. The SMILES string of the molecule is CC(C)c1cccc2cc3c(cc12)CC1(CC3)CC2=CCC1C2. The van der Waals surface area contributed by atoms with Crippen molar-refractivity contribution >= 4 is 10.8 Å². The van der Waals surface area contributed by atoms with Gasteiger partial charge in [0, 0.05) is 0 Å². The fourth-order valence-electron chi connectivity index (χ4n) is 5.69. The van der Waals surface area contributed by atoms with E-state index in [0.29, 0.717) is 11.3 Å². The van der Waals surface area contributed by atoms with Crippen LogP contribution in [0.2, 0.25) is 0 Å². The van der Waals surface area contributed by atoms with Crippen molar-refractivity contribution in [1.82, 2.24) is 0 Å². The molecular formula is C23H26. The zero-order chi connectivity index (χ0) is 15.6. The van der Waals surface area contributed by atoms with Crippen molar-refractivity contribution < 1.29 is 0 Å². The molecular weight excluding hydrogens is 276 g/mol. The van der Waals surface area contributed by atoms with Gasteiger partial charge in [-0.3, -0.25) is 0 Å². The summed E-state index contributed by atoms with van der Waals surface area (Å²) in [6, 6.07) is 11.9. The Bertz CT molecular complexity index is 823. The van der Waals surface area contributed by atoms with E-state index >= 15 is 0 Å². The summed E-state index contributed by atoms with van der Waals surface area (Å²) in [5.41, 5.74) is 7.17. The first kappa shape index (κ1) is 13.8. The average molecular weight is 302 g/mol. The number of hydrogen-bond acceptors (Lipinski definition) is 0. The minimum absolute atomic E-state index is 0.599. The number of rotatable bonds is 1. The Balaban J connectivity index is 1.62. The molecule has 1 fully saturated rings. The monoisotopic (exact) mass is 302 g/mol. The summed E-state index contributed by atoms with van der Waals surface area (Å²) in [6.45, 7) is 4.64. The zero-order valence-corrected chi connectivity index (χ0v) is 14.4. The van der Waals surface area contributed by atoms with Crippen LogP contribution in [0.4, 0.5) is 0 Å². The van der Waals surface area contributed by atoms with E-state index in [1.54, 1.807) is 16.7 Å². The van der Waals surface area contributed by atoms with Crippen LogP contribution in [0.25, 0.3) is 10.8 Å². The van der Waals surface area contributed by atoms with E-state index in [4.69, 9.17) is 0 Å². The van der Waals surface area contributed by atoms with Gasteiger partial charge in [0.1, 0.15) is 0 Å². The summed E-state index contributed by atoms with van der Waals surface area (Å²) in [5.74, 6) is 1.55. The third kappa shape index (κ3) is 1.97. The molecule has 2 atom stereocenters. The Kier molecular flexibility index (Phi) is 2.84. The fourth-order valence-corrected chi connectivity index (χ4v) is 5.69. The van der Waals surface area contributed by atoms with Gasteiger partial charge in [-0.25, -0.2) is 0 Å². The van der Waals surface area contributed by atoms with E-state index in [0.717, 1.165) is 5.92 Å². The third-order valence-corrected chi connectivity index (χ3v) is 6.94. The molecule has 5 rings (SSSR count). The number of allylic oxidation sites excluding steroid dienone is 2. The first-order chi connectivity index (χ1) is 11.1. The molecule has 2 aromatic rings. The highest BCUT2D eigenvalue weighted by Gasteiger charge is 2.48. The van der Waals surface area contributed by atoms with E-state index in [1.807, 2.05) is 0 Å². The van der Waals surface area contributed by atoms with E-state index in [2.05, 4.69) is 50.3 Å². The highest BCUT2D eigenvalue weighted by molar-refractivity contribution is 5.88. The molecule has 0 radical (unpaired) electrons. The maximum Gasteiger partial charge on any atom is -0.0146 e. The lowest BCUT2D eigenvalue weighted by Gasteiger charge is -2.40. The molecule has 3 aliphatic carbocycles. The van der Waals surface area contributed by atoms with Crippen molar-refractivity contribution in [2.75, 3.05) is 0 Å². The lowest BCUT2D eigenvalue weighted by Crippen LogP contribution is -2.33. The number of aryl methyl sites for hydroxylation is 1. The van der Waals surface area contributed by atoms with Crippen LogP contribution in [0.1, 0.15) is 62.1 Å². The quantitative estimate of drug-likeness (QED) is 0.552. The third-order valence-electron chi connectivity index (χ3n) is 6.94. The van der Waals surface area contributed by atoms with Crippen LogP contribution in [0.15, 0.2) is 42.0 Å². The lowest BCUT2D eigenvalue weighted by molar-refractivity contribution is 0.169. The van der Waals surface area contributed by atoms with Gasteiger partial charge >= 0.3 is 0 Å². The molecule has 2 aromatic carbocycles. The number of hydrogen-bond donors (Lipinski definition) is 0. The lowest BCUT2D eigenvalue weighted by atomic mass is 9.64. The number of fused-ring (bicyclic) bond motifs is 5. The van der Waals surface area contributed by atoms with Crippen LogP contribution in [0, 0.1) is 11.3 Å². The molecule has 0 aromatic heterocycles. The van der Waals surface area contributed by atoms with Crippen molar-refractivity contribution in [2.45, 2.75) is 58.3 Å². The van der Waals surface area contributed by atoms with E-state index in [9.17, 15) is 0 Å². The maximum atomic E-state index is 2.56. The standard InChI is InChI=1S/C23H26/c1-15(2)21-5-3-4-18-11-17-8-9-23(14-19(17)12-22(18)21)13-16-6-7-20(23)10-16/h3-6,11-12,15,20H,7-10,13-14H2,1-2H3. The second kappa shape index (κ2) is 4.72. The van der Waals surface area contributed by atoms with E-state index < -0.39 is 0 Å². The largest absolute Gasteiger partial charge is 0.0850 e.